The van der Waals surface area contributed by atoms with Gasteiger partial charge in [-0.25, -0.2) is 4.98 Å². The number of thiazole rings is 1. The Hall–Kier alpha value is -1.76. The van der Waals surface area contributed by atoms with E-state index in [0.717, 1.165) is 58.7 Å². The SMILES string of the molecule is O=C(c1ccc(-c2nc3ccccc3s2)s1)N1CCC(NCC2CC2)CC1. The average Bonchev–Trinajstić information content (AvgIpc) is 3.23. The zero-order valence-electron chi connectivity index (χ0n) is 15.2. The van der Waals surface area contributed by atoms with Crippen LogP contribution in [0.25, 0.3) is 20.1 Å². The molecule has 27 heavy (non-hydrogen) atoms. The van der Waals surface area contributed by atoms with Gasteiger partial charge in [0.25, 0.3) is 5.91 Å². The molecule has 1 saturated heterocycles. The molecule has 0 radical (unpaired) electrons. The van der Waals surface area contributed by atoms with E-state index in [1.165, 1.54) is 17.5 Å². The predicted molar refractivity (Wildman–Crippen MR) is 113 cm³/mol. The van der Waals surface area contributed by atoms with Gasteiger partial charge in [0.15, 0.2) is 0 Å². The van der Waals surface area contributed by atoms with Gasteiger partial charge < -0.3 is 10.2 Å². The molecule has 2 aromatic heterocycles. The molecule has 2 fully saturated rings. The lowest BCUT2D eigenvalue weighted by Gasteiger charge is -2.32. The van der Waals surface area contributed by atoms with Crippen molar-refractivity contribution in [3.05, 3.63) is 41.3 Å². The number of carbonyl (C=O) groups is 1. The van der Waals surface area contributed by atoms with Gasteiger partial charge in [-0.05, 0) is 62.4 Å². The van der Waals surface area contributed by atoms with Crippen molar-refractivity contribution < 1.29 is 4.79 Å². The van der Waals surface area contributed by atoms with E-state index in [-0.39, 0.29) is 5.91 Å². The van der Waals surface area contributed by atoms with Crippen molar-refractivity contribution in [3.63, 3.8) is 0 Å². The van der Waals surface area contributed by atoms with Crippen LogP contribution in [0.15, 0.2) is 36.4 Å². The summed E-state index contributed by atoms with van der Waals surface area (Å²) < 4.78 is 1.19. The van der Waals surface area contributed by atoms with Crippen molar-refractivity contribution in [2.45, 2.75) is 31.7 Å². The first-order valence-electron chi connectivity index (χ1n) is 9.75. The van der Waals surface area contributed by atoms with Crippen LogP contribution in [0.4, 0.5) is 0 Å². The van der Waals surface area contributed by atoms with Gasteiger partial charge in [0.05, 0.1) is 20.0 Å². The molecule has 1 saturated carbocycles. The summed E-state index contributed by atoms with van der Waals surface area (Å²) in [7, 11) is 0. The Morgan fingerprint density at radius 3 is 2.67 bits per heavy atom. The van der Waals surface area contributed by atoms with Gasteiger partial charge in [-0.1, -0.05) is 12.1 Å². The zero-order chi connectivity index (χ0) is 18.2. The second-order valence-electron chi connectivity index (χ2n) is 7.57. The molecule has 1 aliphatic heterocycles. The summed E-state index contributed by atoms with van der Waals surface area (Å²) in [6.07, 6.45) is 4.91. The first-order valence-corrected chi connectivity index (χ1v) is 11.4. The second-order valence-corrected chi connectivity index (χ2v) is 9.68. The maximum Gasteiger partial charge on any atom is 0.263 e. The minimum atomic E-state index is 0.174. The predicted octanol–water partition coefficient (Wildman–Crippen LogP) is 4.63. The fraction of sp³-hybridized carbons (Fsp3) is 0.429. The van der Waals surface area contributed by atoms with E-state index in [1.54, 1.807) is 22.7 Å². The van der Waals surface area contributed by atoms with Crippen LogP contribution in [0.3, 0.4) is 0 Å². The maximum atomic E-state index is 12.9. The van der Waals surface area contributed by atoms with Crippen molar-refractivity contribution in [2.24, 2.45) is 5.92 Å². The Morgan fingerprint density at radius 1 is 1.07 bits per heavy atom. The van der Waals surface area contributed by atoms with Crippen molar-refractivity contribution in [3.8, 4) is 9.88 Å². The first-order chi connectivity index (χ1) is 13.3. The lowest BCUT2D eigenvalue weighted by atomic mass is 10.0. The largest absolute Gasteiger partial charge is 0.338 e. The van der Waals surface area contributed by atoms with Crippen molar-refractivity contribution >= 4 is 38.8 Å². The van der Waals surface area contributed by atoms with Gasteiger partial charge in [0.1, 0.15) is 5.01 Å². The second kappa shape index (κ2) is 7.34. The van der Waals surface area contributed by atoms with Crippen molar-refractivity contribution in [1.29, 1.82) is 0 Å². The Kier molecular flexibility index (Phi) is 4.71. The summed E-state index contributed by atoms with van der Waals surface area (Å²) >= 11 is 3.26. The van der Waals surface area contributed by atoms with Crippen LogP contribution >= 0.6 is 22.7 Å². The molecule has 140 valence electrons. The van der Waals surface area contributed by atoms with Crippen LogP contribution in [0, 0.1) is 5.92 Å². The van der Waals surface area contributed by atoms with E-state index in [9.17, 15) is 4.79 Å². The van der Waals surface area contributed by atoms with Crippen molar-refractivity contribution in [1.82, 2.24) is 15.2 Å². The number of rotatable bonds is 5. The number of hydrogen-bond donors (Lipinski definition) is 1. The van der Waals surface area contributed by atoms with E-state index in [0.29, 0.717) is 6.04 Å². The molecule has 1 aliphatic carbocycles. The van der Waals surface area contributed by atoms with Crippen molar-refractivity contribution in [2.75, 3.05) is 19.6 Å². The summed E-state index contributed by atoms with van der Waals surface area (Å²) in [4.78, 5) is 21.5. The van der Waals surface area contributed by atoms with Gasteiger partial charge in [0.2, 0.25) is 0 Å². The highest BCUT2D eigenvalue weighted by molar-refractivity contribution is 7.26. The number of hydrogen-bond acceptors (Lipinski definition) is 5. The highest BCUT2D eigenvalue weighted by Crippen LogP contribution is 2.35. The fourth-order valence-corrected chi connectivity index (χ4v) is 5.64. The summed E-state index contributed by atoms with van der Waals surface area (Å²) in [5, 5.41) is 4.68. The average molecular weight is 398 g/mol. The molecule has 0 bridgehead atoms. The molecule has 1 aromatic carbocycles. The number of para-hydroxylation sites is 1. The third-order valence-corrected chi connectivity index (χ3v) is 7.77. The smallest absolute Gasteiger partial charge is 0.263 e. The maximum absolute atomic E-state index is 12.9. The number of nitrogens with one attached hydrogen (secondary N) is 1. The molecule has 4 nitrogen and oxygen atoms in total. The molecule has 3 aromatic rings. The number of nitrogens with zero attached hydrogens (tertiary/aromatic N) is 2. The van der Waals surface area contributed by atoms with E-state index < -0.39 is 0 Å². The standard InChI is InChI=1S/C21H23N3OS2/c25-21(24-11-9-15(10-12-24)22-13-14-5-6-14)19-8-7-18(26-19)20-23-16-3-1-2-4-17(16)27-20/h1-4,7-8,14-15,22H,5-6,9-13H2. The van der Waals surface area contributed by atoms with Crippen LogP contribution in [0.5, 0.6) is 0 Å². The highest BCUT2D eigenvalue weighted by Gasteiger charge is 2.27. The van der Waals surface area contributed by atoms with E-state index in [2.05, 4.69) is 11.4 Å². The van der Waals surface area contributed by atoms with Gasteiger partial charge in [-0.15, -0.1) is 22.7 Å². The monoisotopic (exact) mass is 397 g/mol. The third-order valence-electron chi connectivity index (χ3n) is 5.50. The molecular weight excluding hydrogens is 374 g/mol. The molecular formula is C21H23N3OS2. The Morgan fingerprint density at radius 2 is 1.89 bits per heavy atom. The molecule has 0 unspecified atom stereocenters. The number of aromatic nitrogens is 1. The van der Waals surface area contributed by atoms with E-state index >= 15 is 0 Å². The summed E-state index contributed by atoms with van der Waals surface area (Å²) in [6, 6.07) is 12.8. The number of carbonyl (C=O) groups excluding carboxylic acids is 1. The number of piperidine rings is 1. The Balaban J connectivity index is 1.23. The lowest BCUT2D eigenvalue weighted by Crippen LogP contribution is -2.45. The number of likely N-dealkylation sites (tertiary alicyclic amines) is 1. The molecule has 0 atom stereocenters. The van der Waals surface area contributed by atoms with Gasteiger partial charge >= 0.3 is 0 Å². The van der Waals surface area contributed by atoms with Crippen LogP contribution in [0.2, 0.25) is 0 Å². The topological polar surface area (TPSA) is 45.2 Å². The molecule has 1 amide bonds. The normalized spacial score (nSPS) is 18.3. The van der Waals surface area contributed by atoms with Crippen LogP contribution in [-0.2, 0) is 0 Å². The summed E-state index contributed by atoms with van der Waals surface area (Å²) in [6.45, 7) is 2.88. The molecule has 2 aliphatic rings. The van der Waals surface area contributed by atoms with Crippen LogP contribution < -0.4 is 5.32 Å². The highest BCUT2D eigenvalue weighted by atomic mass is 32.1. The first kappa shape index (κ1) is 17.3. The summed E-state index contributed by atoms with van der Waals surface area (Å²) in [5.41, 5.74) is 1.03. The quantitative estimate of drug-likeness (QED) is 0.683. The molecule has 5 rings (SSSR count). The van der Waals surface area contributed by atoms with Crippen LogP contribution in [-0.4, -0.2) is 41.5 Å². The van der Waals surface area contributed by atoms with E-state index in [1.807, 2.05) is 35.2 Å². The number of amides is 1. The zero-order valence-corrected chi connectivity index (χ0v) is 16.8. The van der Waals surface area contributed by atoms with Crippen LogP contribution in [0.1, 0.15) is 35.4 Å². The minimum absolute atomic E-state index is 0.174. The Labute approximate surface area is 167 Å². The molecule has 1 N–H and O–H groups in total. The molecule has 3 heterocycles. The summed E-state index contributed by atoms with van der Waals surface area (Å²) in [5.74, 6) is 1.09. The van der Waals surface area contributed by atoms with Gasteiger partial charge in [-0.3, -0.25) is 4.79 Å². The fourth-order valence-electron chi connectivity index (χ4n) is 3.64. The van der Waals surface area contributed by atoms with Gasteiger partial charge in [0, 0.05) is 19.1 Å². The minimum Gasteiger partial charge on any atom is -0.338 e. The number of thiophene rings is 1. The molecule has 6 heteroatoms. The van der Waals surface area contributed by atoms with Gasteiger partial charge in [-0.2, -0.15) is 0 Å². The molecule has 0 spiro atoms. The number of fused-ring (bicyclic) bond motifs is 1. The third kappa shape index (κ3) is 3.79. The number of benzene rings is 1. The Bertz CT molecular complexity index is 918. The van der Waals surface area contributed by atoms with E-state index in [4.69, 9.17) is 4.98 Å². The lowest BCUT2D eigenvalue weighted by molar-refractivity contribution is 0.0710.